The molecule has 1 heterocycles. The number of amides is 1. The summed E-state index contributed by atoms with van der Waals surface area (Å²) in [6.07, 6.45) is 0. The average molecular weight is 441 g/mol. The molecule has 3 aromatic rings. The topological polar surface area (TPSA) is 86.8 Å². The number of nitrogens with one attached hydrogen (secondary N) is 1. The van der Waals surface area contributed by atoms with Crippen molar-refractivity contribution in [3.05, 3.63) is 64.9 Å². The predicted molar refractivity (Wildman–Crippen MR) is 119 cm³/mol. The number of anilines is 1. The van der Waals surface area contributed by atoms with Crippen molar-refractivity contribution in [2.45, 2.75) is 18.1 Å². The Hall–Kier alpha value is -2.86. The number of carbonyl (C=O) groups is 1. The van der Waals surface area contributed by atoms with E-state index in [9.17, 15) is 4.79 Å². The Kier molecular flexibility index (Phi) is 7.11. The van der Waals surface area contributed by atoms with Crippen LogP contribution >= 0.6 is 23.4 Å². The molecule has 2 aromatic carbocycles. The lowest BCUT2D eigenvalue weighted by Gasteiger charge is -2.20. The molecule has 1 N–H and O–H groups in total. The van der Waals surface area contributed by atoms with Crippen LogP contribution in [0.2, 0.25) is 5.02 Å². The molecule has 0 saturated heterocycles. The van der Waals surface area contributed by atoms with Crippen LogP contribution in [0.15, 0.2) is 53.7 Å². The van der Waals surface area contributed by atoms with Crippen LogP contribution < -0.4 is 5.32 Å². The number of halogens is 1. The van der Waals surface area contributed by atoms with E-state index in [1.165, 1.54) is 11.8 Å². The third-order valence-electron chi connectivity index (χ3n) is 4.50. The van der Waals surface area contributed by atoms with E-state index in [4.69, 9.17) is 16.9 Å². The number of rotatable bonds is 7. The molecule has 9 heteroatoms. The van der Waals surface area contributed by atoms with Gasteiger partial charge in [-0.25, -0.2) is 0 Å². The Balaban J connectivity index is 1.80. The minimum atomic E-state index is -0.192. The van der Waals surface area contributed by atoms with Crippen molar-refractivity contribution < 1.29 is 4.79 Å². The highest BCUT2D eigenvalue weighted by atomic mass is 35.5. The summed E-state index contributed by atoms with van der Waals surface area (Å²) < 4.78 is 1.94. The molecule has 30 heavy (non-hydrogen) atoms. The van der Waals surface area contributed by atoms with E-state index in [-0.39, 0.29) is 17.7 Å². The molecule has 7 nitrogen and oxygen atoms in total. The second kappa shape index (κ2) is 9.76. The predicted octanol–water partition coefficient (Wildman–Crippen LogP) is 4.15. The summed E-state index contributed by atoms with van der Waals surface area (Å²) in [5.74, 6) is 0.730. The standard InChI is InChI=1S/C21H21ClN6OS/c1-14(27(2)3)20-25-26-21(28(20)18-9-7-16(22)8-10-18)30-13-19(29)24-17-6-4-5-15(11-17)12-23/h4-11,14H,13H2,1-3H3,(H,24,29). The number of nitrogens with zero attached hydrogens (tertiary/aromatic N) is 5. The Bertz CT molecular complexity index is 1070. The highest BCUT2D eigenvalue weighted by molar-refractivity contribution is 7.99. The van der Waals surface area contributed by atoms with Crippen molar-refractivity contribution in [3.63, 3.8) is 0 Å². The summed E-state index contributed by atoms with van der Waals surface area (Å²) in [6.45, 7) is 2.04. The van der Waals surface area contributed by atoms with Gasteiger partial charge in [0.05, 0.1) is 23.4 Å². The van der Waals surface area contributed by atoms with Gasteiger partial charge < -0.3 is 5.32 Å². The van der Waals surface area contributed by atoms with Crippen LogP contribution in [0.1, 0.15) is 24.4 Å². The Morgan fingerprint density at radius 3 is 2.67 bits per heavy atom. The Morgan fingerprint density at radius 2 is 2.00 bits per heavy atom. The van der Waals surface area contributed by atoms with Gasteiger partial charge in [0, 0.05) is 16.4 Å². The van der Waals surface area contributed by atoms with Crippen molar-refractivity contribution in [3.8, 4) is 11.8 Å². The summed E-state index contributed by atoms with van der Waals surface area (Å²) in [5.41, 5.74) is 1.95. The fourth-order valence-electron chi connectivity index (χ4n) is 2.70. The third kappa shape index (κ3) is 5.19. The van der Waals surface area contributed by atoms with Crippen molar-refractivity contribution in [2.75, 3.05) is 25.2 Å². The molecule has 1 aromatic heterocycles. The number of thioether (sulfide) groups is 1. The lowest BCUT2D eigenvalue weighted by atomic mass is 10.2. The van der Waals surface area contributed by atoms with Crippen LogP contribution in [0.3, 0.4) is 0 Å². The maximum absolute atomic E-state index is 12.4. The molecule has 1 amide bonds. The van der Waals surface area contributed by atoms with Crippen LogP contribution in [-0.4, -0.2) is 45.4 Å². The van der Waals surface area contributed by atoms with Gasteiger partial charge in [-0.15, -0.1) is 10.2 Å². The van der Waals surface area contributed by atoms with Gasteiger partial charge in [-0.3, -0.25) is 14.3 Å². The summed E-state index contributed by atoms with van der Waals surface area (Å²) in [6, 6.07) is 16.3. The van der Waals surface area contributed by atoms with Gasteiger partial charge in [-0.05, 0) is 63.5 Å². The molecular weight excluding hydrogens is 420 g/mol. The van der Waals surface area contributed by atoms with Crippen LogP contribution in [0.25, 0.3) is 5.69 Å². The maximum Gasteiger partial charge on any atom is 0.234 e. The minimum absolute atomic E-state index is 0.0186. The summed E-state index contributed by atoms with van der Waals surface area (Å²) in [5, 5.41) is 21.7. The van der Waals surface area contributed by atoms with Crippen molar-refractivity contribution in [2.24, 2.45) is 0 Å². The molecule has 0 aliphatic rings. The average Bonchev–Trinajstić information content (AvgIpc) is 3.16. The summed E-state index contributed by atoms with van der Waals surface area (Å²) in [4.78, 5) is 14.5. The first kappa shape index (κ1) is 21.8. The fraction of sp³-hybridized carbons (Fsp3) is 0.238. The monoisotopic (exact) mass is 440 g/mol. The number of nitriles is 1. The first-order chi connectivity index (χ1) is 14.4. The molecular formula is C21H21ClN6OS. The van der Waals surface area contributed by atoms with Gasteiger partial charge in [-0.2, -0.15) is 5.26 Å². The summed E-state index contributed by atoms with van der Waals surface area (Å²) in [7, 11) is 3.95. The number of benzene rings is 2. The summed E-state index contributed by atoms with van der Waals surface area (Å²) >= 11 is 7.33. The van der Waals surface area contributed by atoms with Crippen molar-refractivity contribution >= 4 is 35.0 Å². The first-order valence-electron chi connectivity index (χ1n) is 9.19. The second-order valence-electron chi connectivity index (χ2n) is 6.82. The van der Waals surface area contributed by atoms with E-state index in [1.54, 1.807) is 24.3 Å². The quantitative estimate of drug-likeness (QED) is 0.555. The lowest BCUT2D eigenvalue weighted by molar-refractivity contribution is -0.113. The fourth-order valence-corrected chi connectivity index (χ4v) is 3.59. The van der Waals surface area contributed by atoms with Crippen LogP contribution in [0.4, 0.5) is 5.69 Å². The maximum atomic E-state index is 12.4. The van der Waals surface area contributed by atoms with Gasteiger partial charge in [0.15, 0.2) is 11.0 Å². The van der Waals surface area contributed by atoms with Crippen LogP contribution in [0.5, 0.6) is 0 Å². The van der Waals surface area contributed by atoms with Crippen molar-refractivity contribution in [1.29, 1.82) is 5.26 Å². The normalized spacial score (nSPS) is 11.9. The molecule has 154 valence electrons. The number of hydrogen-bond acceptors (Lipinski definition) is 6. The zero-order valence-electron chi connectivity index (χ0n) is 16.8. The molecule has 0 bridgehead atoms. The number of hydrogen-bond donors (Lipinski definition) is 1. The van der Waals surface area contributed by atoms with Gasteiger partial charge in [0.1, 0.15) is 0 Å². The Morgan fingerprint density at radius 1 is 1.27 bits per heavy atom. The molecule has 3 rings (SSSR count). The lowest BCUT2D eigenvalue weighted by Crippen LogP contribution is -2.21. The van der Waals surface area contributed by atoms with Gasteiger partial charge in [0.25, 0.3) is 0 Å². The van der Waals surface area contributed by atoms with Crippen molar-refractivity contribution in [1.82, 2.24) is 19.7 Å². The highest BCUT2D eigenvalue weighted by Crippen LogP contribution is 2.27. The smallest absolute Gasteiger partial charge is 0.234 e. The van der Waals surface area contributed by atoms with Crippen LogP contribution in [0, 0.1) is 11.3 Å². The number of carbonyl (C=O) groups excluding carboxylic acids is 1. The van der Waals surface area contributed by atoms with Gasteiger partial charge in [0.2, 0.25) is 5.91 Å². The minimum Gasteiger partial charge on any atom is -0.325 e. The molecule has 1 unspecified atom stereocenters. The molecule has 0 spiro atoms. The number of aromatic nitrogens is 3. The first-order valence-corrected chi connectivity index (χ1v) is 10.6. The second-order valence-corrected chi connectivity index (χ2v) is 8.20. The van der Waals surface area contributed by atoms with E-state index < -0.39 is 0 Å². The zero-order chi connectivity index (χ0) is 21.7. The van der Waals surface area contributed by atoms with E-state index >= 15 is 0 Å². The largest absolute Gasteiger partial charge is 0.325 e. The van der Waals surface area contributed by atoms with E-state index in [0.717, 1.165) is 11.5 Å². The molecule has 0 aliphatic heterocycles. The van der Waals surface area contributed by atoms with E-state index in [2.05, 4.69) is 21.6 Å². The van der Waals surface area contributed by atoms with Gasteiger partial charge in [-0.1, -0.05) is 29.4 Å². The Labute approximate surface area is 184 Å². The molecule has 1 atom stereocenters. The molecule has 0 aliphatic carbocycles. The zero-order valence-corrected chi connectivity index (χ0v) is 18.4. The molecule has 0 saturated carbocycles. The van der Waals surface area contributed by atoms with Gasteiger partial charge >= 0.3 is 0 Å². The van der Waals surface area contributed by atoms with E-state index in [0.29, 0.717) is 21.4 Å². The molecule has 0 radical (unpaired) electrons. The SMILES string of the molecule is CC(c1nnc(SCC(=O)Nc2cccc(C#N)c2)n1-c1ccc(Cl)cc1)N(C)C. The highest BCUT2D eigenvalue weighted by Gasteiger charge is 2.21. The molecule has 0 fully saturated rings. The third-order valence-corrected chi connectivity index (χ3v) is 5.68. The van der Waals surface area contributed by atoms with E-state index in [1.807, 2.05) is 54.8 Å². The van der Waals surface area contributed by atoms with Crippen LogP contribution in [-0.2, 0) is 4.79 Å².